The summed E-state index contributed by atoms with van der Waals surface area (Å²) >= 11 is 2.17. The summed E-state index contributed by atoms with van der Waals surface area (Å²) < 4.78 is 5.98. The van der Waals surface area contributed by atoms with Crippen LogP contribution in [-0.4, -0.2) is 53.8 Å². The lowest BCUT2D eigenvalue weighted by molar-refractivity contribution is -0.131. The molecular weight excluding hydrogens is 471 g/mol. The zero-order valence-electron chi connectivity index (χ0n) is 15.6. The van der Waals surface area contributed by atoms with E-state index < -0.39 is 5.97 Å². The van der Waals surface area contributed by atoms with Crippen LogP contribution in [0.4, 0.5) is 0 Å². The van der Waals surface area contributed by atoms with E-state index in [-0.39, 0.29) is 11.8 Å². The maximum Gasteiger partial charge on any atom is 0.308 e. The Morgan fingerprint density at radius 3 is 2.25 bits per heavy atom. The van der Waals surface area contributed by atoms with Crippen LogP contribution >= 0.6 is 22.6 Å². The Balaban J connectivity index is 1.68. The van der Waals surface area contributed by atoms with E-state index >= 15 is 0 Å². The summed E-state index contributed by atoms with van der Waals surface area (Å²) in [6.07, 6.45) is 0.713. The summed E-state index contributed by atoms with van der Waals surface area (Å²) in [6.45, 7) is 3.46. The van der Waals surface area contributed by atoms with Crippen molar-refractivity contribution in [3.05, 3.63) is 63.2 Å². The molecular formula is C21H21IN2O4. The topological polar surface area (TPSA) is 66.9 Å². The highest BCUT2D eigenvalue weighted by molar-refractivity contribution is 14.1. The largest absolute Gasteiger partial charge is 0.427 e. The van der Waals surface area contributed by atoms with E-state index in [9.17, 15) is 14.4 Å². The second-order valence-corrected chi connectivity index (χ2v) is 7.70. The van der Waals surface area contributed by atoms with E-state index in [1.54, 1.807) is 34.1 Å². The van der Waals surface area contributed by atoms with Crippen LogP contribution in [0.5, 0.6) is 5.75 Å². The van der Waals surface area contributed by atoms with E-state index in [1.165, 1.54) is 6.92 Å². The molecule has 1 saturated heterocycles. The van der Waals surface area contributed by atoms with Crippen LogP contribution in [-0.2, 0) is 4.79 Å². The SMILES string of the molecule is CC(=O)Oc1cccc(C(=O)N2CCCN(C(=O)c3ccccc3I)CC2)c1. The molecule has 0 aromatic heterocycles. The minimum Gasteiger partial charge on any atom is -0.427 e. The van der Waals surface area contributed by atoms with Crippen molar-refractivity contribution in [2.45, 2.75) is 13.3 Å². The molecule has 1 heterocycles. The van der Waals surface area contributed by atoms with Gasteiger partial charge in [0.05, 0.1) is 5.56 Å². The number of hydrogen-bond donors (Lipinski definition) is 0. The number of ether oxygens (including phenoxy) is 1. The molecule has 2 aromatic rings. The second-order valence-electron chi connectivity index (χ2n) is 6.54. The molecule has 28 heavy (non-hydrogen) atoms. The van der Waals surface area contributed by atoms with Gasteiger partial charge in [0, 0.05) is 42.2 Å². The zero-order chi connectivity index (χ0) is 20.1. The molecule has 2 amide bonds. The molecule has 0 unspecified atom stereocenters. The highest BCUT2D eigenvalue weighted by Crippen LogP contribution is 2.18. The predicted molar refractivity (Wildman–Crippen MR) is 113 cm³/mol. The maximum absolute atomic E-state index is 12.9. The first-order valence-electron chi connectivity index (χ1n) is 9.07. The van der Waals surface area contributed by atoms with Gasteiger partial charge in [-0.1, -0.05) is 18.2 Å². The van der Waals surface area contributed by atoms with Crippen LogP contribution in [0.25, 0.3) is 0 Å². The minimum atomic E-state index is -0.427. The summed E-state index contributed by atoms with van der Waals surface area (Å²) in [5, 5.41) is 0. The fourth-order valence-electron chi connectivity index (χ4n) is 3.17. The number of rotatable bonds is 3. The Kier molecular flexibility index (Phi) is 6.66. The van der Waals surface area contributed by atoms with Crippen LogP contribution in [0.3, 0.4) is 0 Å². The zero-order valence-corrected chi connectivity index (χ0v) is 17.7. The lowest BCUT2D eigenvalue weighted by atomic mass is 10.2. The van der Waals surface area contributed by atoms with Gasteiger partial charge in [-0.3, -0.25) is 14.4 Å². The average molecular weight is 492 g/mol. The van der Waals surface area contributed by atoms with Crippen LogP contribution in [0, 0.1) is 3.57 Å². The van der Waals surface area contributed by atoms with Gasteiger partial charge < -0.3 is 14.5 Å². The number of amides is 2. The Hall–Kier alpha value is -2.42. The van der Waals surface area contributed by atoms with Crippen LogP contribution in [0.2, 0.25) is 0 Å². The number of carbonyl (C=O) groups excluding carboxylic acids is 3. The summed E-state index contributed by atoms with van der Waals surface area (Å²) in [5.41, 5.74) is 1.16. The Bertz CT molecular complexity index is 899. The van der Waals surface area contributed by atoms with Gasteiger partial charge in [0.15, 0.2) is 0 Å². The summed E-state index contributed by atoms with van der Waals surface area (Å²) in [4.78, 5) is 40.4. The van der Waals surface area contributed by atoms with Crippen LogP contribution < -0.4 is 4.74 Å². The Labute approximate surface area is 177 Å². The summed E-state index contributed by atoms with van der Waals surface area (Å²) in [5.74, 6) is -0.207. The quantitative estimate of drug-likeness (QED) is 0.375. The third-order valence-corrected chi connectivity index (χ3v) is 5.46. The number of halogens is 1. The third kappa shape index (κ3) is 4.89. The summed E-state index contributed by atoms with van der Waals surface area (Å²) in [7, 11) is 0. The van der Waals surface area contributed by atoms with E-state index in [2.05, 4.69) is 22.6 Å². The first-order valence-corrected chi connectivity index (χ1v) is 10.1. The molecule has 2 aromatic carbocycles. The average Bonchev–Trinajstić information content (AvgIpc) is 2.93. The molecule has 3 rings (SSSR count). The molecule has 0 spiro atoms. The number of nitrogens with zero attached hydrogens (tertiary/aromatic N) is 2. The molecule has 146 valence electrons. The van der Waals surface area contributed by atoms with Crippen molar-refractivity contribution in [2.24, 2.45) is 0 Å². The lowest BCUT2D eigenvalue weighted by Gasteiger charge is -2.23. The molecule has 7 heteroatoms. The Morgan fingerprint density at radius 2 is 1.57 bits per heavy atom. The highest BCUT2D eigenvalue weighted by atomic mass is 127. The van der Waals surface area contributed by atoms with Gasteiger partial charge in [-0.25, -0.2) is 0 Å². The molecule has 0 N–H and O–H groups in total. The smallest absolute Gasteiger partial charge is 0.308 e. The van der Waals surface area contributed by atoms with Gasteiger partial charge in [0.2, 0.25) is 0 Å². The maximum atomic E-state index is 12.9. The first kappa shape index (κ1) is 20.3. The van der Waals surface area contributed by atoms with Gasteiger partial charge in [-0.2, -0.15) is 0 Å². The van der Waals surface area contributed by atoms with Crippen molar-refractivity contribution < 1.29 is 19.1 Å². The molecule has 0 atom stereocenters. The fraction of sp³-hybridized carbons (Fsp3) is 0.286. The molecule has 0 radical (unpaired) electrons. The van der Waals surface area contributed by atoms with Gasteiger partial charge in [0.1, 0.15) is 5.75 Å². The molecule has 0 bridgehead atoms. The normalized spacial score (nSPS) is 14.4. The predicted octanol–water partition coefficient (Wildman–Crippen LogP) is 3.20. The van der Waals surface area contributed by atoms with E-state index in [0.717, 1.165) is 3.57 Å². The fourth-order valence-corrected chi connectivity index (χ4v) is 3.79. The van der Waals surface area contributed by atoms with Crippen molar-refractivity contribution in [2.75, 3.05) is 26.2 Å². The van der Waals surface area contributed by atoms with Gasteiger partial charge in [-0.15, -0.1) is 0 Å². The summed E-state index contributed by atoms with van der Waals surface area (Å²) in [6, 6.07) is 14.1. The molecule has 0 saturated carbocycles. The number of esters is 1. The monoisotopic (exact) mass is 492 g/mol. The van der Waals surface area contributed by atoms with Crippen molar-refractivity contribution >= 4 is 40.4 Å². The molecule has 1 fully saturated rings. The van der Waals surface area contributed by atoms with Crippen LogP contribution in [0.1, 0.15) is 34.1 Å². The molecule has 1 aliphatic rings. The lowest BCUT2D eigenvalue weighted by Crippen LogP contribution is -2.37. The minimum absolute atomic E-state index is 0.00356. The first-order chi connectivity index (χ1) is 13.5. The van der Waals surface area contributed by atoms with Crippen molar-refractivity contribution in [1.29, 1.82) is 0 Å². The van der Waals surface area contributed by atoms with Gasteiger partial charge in [0.25, 0.3) is 11.8 Å². The van der Waals surface area contributed by atoms with Crippen molar-refractivity contribution in [1.82, 2.24) is 9.80 Å². The van der Waals surface area contributed by atoms with Gasteiger partial charge >= 0.3 is 5.97 Å². The van der Waals surface area contributed by atoms with Crippen molar-refractivity contribution in [3.63, 3.8) is 0 Å². The second kappa shape index (κ2) is 9.18. The van der Waals surface area contributed by atoms with E-state index in [0.29, 0.717) is 49.5 Å². The molecule has 6 nitrogen and oxygen atoms in total. The highest BCUT2D eigenvalue weighted by Gasteiger charge is 2.24. The van der Waals surface area contributed by atoms with E-state index in [1.807, 2.05) is 24.3 Å². The number of benzene rings is 2. The molecule has 0 aliphatic carbocycles. The van der Waals surface area contributed by atoms with E-state index in [4.69, 9.17) is 4.74 Å². The Morgan fingerprint density at radius 1 is 0.893 bits per heavy atom. The standard InChI is InChI=1S/C21H21IN2O4/c1-15(25)28-17-7-4-6-16(14-17)20(26)23-10-5-11-24(13-12-23)21(27)18-8-2-3-9-19(18)22/h2-4,6-9,14H,5,10-13H2,1H3. The molecule has 1 aliphatic heterocycles. The number of hydrogen-bond acceptors (Lipinski definition) is 4. The van der Waals surface area contributed by atoms with Gasteiger partial charge in [-0.05, 0) is 59.3 Å². The van der Waals surface area contributed by atoms with Crippen molar-refractivity contribution in [3.8, 4) is 5.75 Å². The number of carbonyl (C=O) groups is 3. The third-order valence-electron chi connectivity index (χ3n) is 4.52. The van der Waals surface area contributed by atoms with Crippen LogP contribution in [0.15, 0.2) is 48.5 Å².